The fourth-order valence-corrected chi connectivity index (χ4v) is 2.76. The van der Waals surface area contributed by atoms with E-state index in [2.05, 4.69) is 5.32 Å². The molecule has 94 valence electrons. The molecule has 1 saturated carbocycles. The van der Waals surface area contributed by atoms with Crippen molar-refractivity contribution in [2.75, 3.05) is 18.6 Å². The Balaban J connectivity index is 2.29. The largest absolute Gasteiger partial charge is 0.387 e. The standard InChI is InChI=1S/C11H22N2O2S/c1-11(15,7-16-2)6-13-10(14)8-3-4-9(12)5-8/h8-9,15H,3-7,12H2,1-2H3,(H,13,14). The molecule has 0 radical (unpaired) electrons. The van der Waals surface area contributed by atoms with Gasteiger partial charge in [0, 0.05) is 24.3 Å². The van der Waals surface area contributed by atoms with Crippen molar-refractivity contribution in [3.63, 3.8) is 0 Å². The topological polar surface area (TPSA) is 75.3 Å². The molecule has 16 heavy (non-hydrogen) atoms. The highest BCUT2D eigenvalue weighted by atomic mass is 32.2. The molecule has 0 heterocycles. The summed E-state index contributed by atoms with van der Waals surface area (Å²) in [5, 5.41) is 12.7. The molecule has 0 saturated heterocycles. The van der Waals surface area contributed by atoms with Crippen molar-refractivity contribution >= 4 is 17.7 Å². The molecular formula is C11H22N2O2S. The highest BCUT2D eigenvalue weighted by Gasteiger charge is 2.29. The van der Waals surface area contributed by atoms with Crippen molar-refractivity contribution in [2.45, 2.75) is 37.8 Å². The summed E-state index contributed by atoms with van der Waals surface area (Å²) in [5.74, 6) is 0.701. The van der Waals surface area contributed by atoms with Crippen molar-refractivity contribution in [2.24, 2.45) is 11.7 Å². The van der Waals surface area contributed by atoms with Gasteiger partial charge >= 0.3 is 0 Å². The van der Waals surface area contributed by atoms with Crippen molar-refractivity contribution in [1.82, 2.24) is 5.32 Å². The third-order valence-electron chi connectivity index (χ3n) is 2.94. The second-order valence-electron chi connectivity index (χ2n) is 4.92. The highest BCUT2D eigenvalue weighted by Crippen LogP contribution is 2.24. The van der Waals surface area contributed by atoms with E-state index in [0.717, 1.165) is 19.3 Å². The molecule has 4 N–H and O–H groups in total. The quantitative estimate of drug-likeness (QED) is 0.654. The number of hydrogen-bond acceptors (Lipinski definition) is 4. The van der Waals surface area contributed by atoms with Crippen LogP contribution in [-0.2, 0) is 4.79 Å². The van der Waals surface area contributed by atoms with Crippen molar-refractivity contribution in [3.05, 3.63) is 0 Å². The molecule has 1 aliphatic carbocycles. The van der Waals surface area contributed by atoms with Crippen LogP contribution < -0.4 is 11.1 Å². The minimum absolute atomic E-state index is 0.0364. The average molecular weight is 246 g/mol. The normalized spacial score (nSPS) is 28.8. The second-order valence-corrected chi connectivity index (χ2v) is 5.78. The van der Waals surface area contributed by atoms with Gasteiger partial charge in [-0.3, -0.25) is 4.79 Å². The number of thioether (sulfide) groups is 1. The summed E-state index contributed by atoms with van der Waals surface area (Å²) in [4.78, 5) is 11.8. The Morgan fingerprint density at radius 2 is 2.31 bits per heavy atom. The molecular weight excluding hydrogens is 224 g/mol. The summed E-state index contributed by atoms with van der Waals surface area (Å²) in [6.45, 7) is 2.06. The zero-order valence-corrected chi connectivity index (χ0v) is 10.8. The Morgan fingerprint density at radius 1 is 1.62 bits per heavy atom. The van der Waals surface area contributed by atoms with E-state index in [9.17, 15) is 9.90 Å². The summed E-state index contributed by atoms with van der Waals surface area (Å²) in [6, 6.07) is 0.169. The Bertz CT molecular complexity index is 246. The van der Waals surface area contributed by atoms with E-state index in [1.54, 1.807) is 18.7 Å². The number of rotatable bonds is 5. The summed E-state index contributed by atoms with van der Waals surface area (Å²) >= 11 is 1.57. The van der Waals surface area contributed by atoms with Crippen LogP contribution in [0, 0.1) is 5.92 Å². The molecule has 0 aromatic rings. The number of amides is 1. The zero-order valence-electron chi connectivity index (χ0n) is 10.0. The molecule has 0 aromatic heterocycles. The molecule has 0 spiro atoms. The minimum atomic E-state index is -0.824. The van der Waals surface area contributed by atoms with E-state index in [1.807, 2.05) is 6.26 Å². The van der Waals surface area contributed by atoms with Crippen molar-refractivity contribution in [3.8, 4) is 0 Å². The van der Waals surface area contributed by atoms with Gasteiger partial charge in [-0.2, -0.15) is 11.8 Å². The molecule has 0 bridgehead atoms. The van der Waals surface area contributed by atoms with E-state index in [0.29, 0.717) is 12.3 Å². The third kappa shape index (κ3) is 4.31. The van der Waals surface area contributed by atoms with Crippen LogP contribution in [0.3, 0.4) is 0 Å². The van der Waals surface area contributed by atoms with Gasteiger partial charge in [-0.05, 0) is 32.4 Å². The van der Waals surface area contributed by atoms with Gasteiger partial charge in [0.1, 0.15) is 0 Å². The van der Waals surface area contributed by atoms with E-state index in [-0.39, 0.29) is 17.9 Å². The molecule has 4 nitrogen and oxygen atoms in total. The first-order valence-electron chi connectivity index (χ1n) is 5.69. The summed E-state index contributed by atoms with van der Waals surface area (Å²) in [6.07, 6.45) is 4.51. The van der Waals surface area contributed by atoms with Gasteiger partial charge in [0.2, 0.25) is 5.91 Å². The van der Waals surface area contributed by atoms with E-state index < -0.39 is 5.60 Å². The van der Waals surface area contributed by atoms with Gasteiger partial charge in [0.15, 0.2) is 0 Å². The van der Waals surface area contributed by atoms with E-state index >= 15 is 0 Å². The SMILES string of the molecule is CSCC(C)(O)CNC(=O)C1CCC(N)C1. The number of hydrogen-bond donors (Lipinski definition) is 3. The molecule has 1 rings (SSSR count). The van der Waals surface area contributed by atoms with Crippen LogP contribution in [-0.4, -0.2) is 41.2 Å². The molecule has 1 fully saturated rings. The number of nitrogens with one attached hydrogen (secondary N) is 1. The summed E-state index contributed by atoms with van der Waals surface area (Å²) in [5.41, 5.74) is 4.94. The van der Waals surface area contributed by atoms with Crippen LogP contribution in [0.2, 0.25) is 0 Å². The minimum Gasteiger partial charge on any atom is -0.387 e. The van der Waals surface area contributed by atoms with Gasteiger partial charge in [0.05, 0.1) is 5.60 Å². The van der Waals surface area contributed by atoms with E-state index in [1.165, 1.54) is 0 Å². The second kappa shape index (κ2) is 5.89. The predicted octanol–water partition coefficient (Wildman–Crippen LogP) is 0.344. The molecule has 5 heteroatoms. The van der Waals surface area contributed by atoms with Crippen molar-refractivity contribution < 1.29 is 9.90 Å². The molecule has 0 aliphatic heterocycles. The maximum Gasteiger partial charge on any atom is 0.223 e. The van der Waals surface area contributed by atoms with E-state index in [4.69, 9.17) is 5.73 Å². The Labute approximate surface area is 101 Å². The fourth-order valence-electron chi connectivity index (χ4n) is 2.04. The van der Waals surface area contributed by atoms with Crippen LogP contribution in [0.4, 0.5) is 0 Å². The lowest BCUT2D eigenvalue weighted by Crippen LogP contribution is -2.44. The predicted molar refractivity (Wildman–Crippen MR) is 67.3 cm³/mol. The summed E-state index contributed by atoms with van der Waals surface area (Å²) in [7, 11) is 0. The monoisotopic (exact) mass is 246 g/mol. The lowest BCUT2D eigenvalue weighted by molar-refractivity contribution is -0.125. The number of carbonyl (C=O) groups is 1. The maximum absolute atomic E-state index is 11.8. The van der Waals surface area contributed by atoms with Crippen LogP contribution >= 0.6 is 11.8 Å². The zero-order chi connectivity index (χ0) is 12.2. The third-order valence-corrected chi connectivity index (χ3v) is 3.85. The van der Waals surface area contributed by atoms with Gasteiger partial charge in [0.25, 0.3) is 0 Å². The first-order valence-corrected chi connectivity index (χ1v) is 7.08. The van der Waals surface area contributed by atoms with Gasteiger partial charge in [-0.1, -0.05) is 0 Å². The molecule has 3 unspecified atom stereocenters. The Hall–Kier alpha value is -0.260. The Morgan fingerprint density at radius 3 is 2.81 bits per heavy atom. The van der Waals surface area contributed by atoms with Gasteiger partial charge in [-0.15, -0.1) is 0 Å². The number of carbonyl (C=O) groups excluding carboxylic acids is 1. The fraction of sp³-hybridized carbons (Fsp3) is 0.909. The van der Waals surface area contributed by atoms with Crippen LogP contribution in [0.25, 0.3) is 0 Å². The van der Waals surface area contributed by atoms with Crippen LogP contribution in [0.15, 0.2) is 0 Å². The van der Waals surface area contributed by atoms with Crippen LogP contribution in [0.1, 0.15) is 26.2 Å². The highest BCUT2D eigenvalue weighted by molar-refractivity contribution is 7.98. The molecule has 1 amide bonds. The lowest BCUT2D eigenvalue weighted by atomic mass is 10.1. The average Bonchev–Trinajstić information content (AvgIpc) is 2.61. The first kappa shape index (κ1) is 13.8. The number of nitrogens with two attached hydrogens (primary N) is 1. The van der Waals surface area contributed by atoms with Gasteiger partial charge < -0.3 is 16.2 Å². The first-order chi connectivity index (χ1) is 7.44. The van der Waals surface area contributed by atoms with Crippen LogP contribution in [0.5, 0.6) is 0 Å². The Kier molecular flexibility index (Phi) is 5.08. The summed E-state index contributed by atoms with van der Waals surface area (Å²) < 4.78 is 0. The maximum atomic E-state index is 11.8. The molecule has 0 aromatic carbocycles. The smallest absolute Gasteiger partial charge is 0.223 e. The van der Waals surface area contributed by atoms with Crippen molar-refractivity contribution in [1.29, 1.82) is 0 Å². The van der Waals surface area contributed by atoms with Gasteiger partial charge in [-0.25, -0.2) is 0 Å². The lowest BCUT2D eigenvalue weighted by Gasteiger charge is -2.23. The molecule has 1 aliphatic rings. The number of aliphatic hydroxyl groups is 1. The molecule has 3 atom stereocenters.